The van der Waals surface area contributed by atoms with Gasteiger partial charge in [0.05, 0.1) is 12.8 Å². The lowest BCUT2D eigenvalue weighted by Gasteiger charge is -2.20. The standard InChI is InChI=1S/C8H10N6O2/c1-2-15-6(4-9-1)7-11-8(16-13-7)5-3-10-14-12-5/h3,6,9H,1-2,4H2,(H,10,12,14). The molecule has 1 atom stereocenters. The molecule has 0 saturated carbocycles. The molecule has 1 saturated heterocycles. The Kier molecular flexibility index (Phi) is 2.35. The number of aromatic nitrogens is 5. The van der Waals surface area contributed by atoms with Crippen LogP contribution in [0.25, 0.3) is 11.6 Å². The molecule has 1 aliphatic rings. The molecule has 3 heterocycles. The Hall–Kier alpha value is -1.80. The molecular formula is C8H10N6O2. The van der Waals surface area contributed by atoms with Gasteiger partial charge in [0.1, 0.15) is 6.10 Å². The summed E-state index contributed by atoms with van der Waals surface area (Å²) in [5.41, 5.74) is 0.530. The van der Waals surface area contributed by atoms with Crippen LogP contribution in [0.15, 0.2) is 10.7 Å². The van der Waals surface area contributed by atoms with Gasteiger partial charge in [-0.25, -0.2) is 0 Å². The van der Waals surface area contributed by atoms with E-state index in [1.54, 1.807) is 0 Å². The lowest BCUT2D eigenvalue weighted by atomic mass is 10.3. The first-order chi connectivity index (χ1) is 7.93. The van der Waals surface area contributed by atoms with Gasteiger partial charge in [0.15, 0.2) is 5.69 Å². The van der Waals surface area contributed by atoms with E-state index in [0.717, 1.165) is 6.54 Å². The number of nitrogens with zero attached hydrogens (tertiary/aromatic N) is 4. The third-order valence-corrected chi connectivity index (χ3v) is 2.29. The molecule has 0 bridgehead atoms. The number of ether oxygens (including phenoxy) is 1. The van der Waals surface area contributed by atoms with E-state index in [-0.39, 0.29) is 6.10 Å². The highest BCUT2D eigenvalue weighted by Crippen LogP contribution is 2.19. The quantitative estimate of drug-likeness (QED) is 0.707. The van der Waals surface area contributed by atoms with Gasteiger partial charge < -0.3 is 14.6 Å². The Morgan fingerprint density at radius 2 is 2.44 bits per heavy atom. The largest absolute Gasteiger partial charge is 0.367 e. The summed E-state index contributed by atoms with van der Waals surface area (Å²) in [5.74, 6) is 0.878. The Bertz CT molecular complexity index is 447. The molecule has 0 aromatic carbocycles. The number of aromatic amines is 1. The number of rotatable bonds is 2. The van der Waals surface area contributed by atoms with Gasteiger partial charge in [0.2, 0.25) is 5.82 Å². The topological polar surface area (TPSA) is 102 Å². The molecule has 0 aliphatic carbocycles. The SMILES string of the molecule is c1n[nH]nc1-c1nc(C2CNCCO2)no1. The van der Waals surface area contributed by atoms with Gasteiger partial charge in [-0.3, -0.25) is 0 Å². The van der Waals surface area contributed by atoms with Crippen LogP contribution in [-0.4, -0.2) is 45.2 Å². The summed E-state index contributed by atoms with van der Waals surface area (Å²) in [6.07, 6.45) is 1.37. The summed E-state index contributed by atoms with van der Waals surface area (Å²) >= 11 is 0. The van der Waals surface area contributed by atoms with E-state index in [0.29, 0.717) is 30.6 Å². The summed E-state index contributed by atoms with van der Waals surface area (Å²) in [5, 5.41) is 17.1. The van der Waals surface area contributed by atoms with Crippen LogP contribution < -0.4 is 5.32 Å². The fourth-order valence-corrected chi connectivity index (χ4v) is 1.51. The van der Waals surface area contributed by atoms with Crippen LogP contribution in [0, 0.1) is 0 Å². The third kappa shape index (κ3) is 1.68. The second-order valence-corrected chi connectivity index (χ2v) is 3.38. The van der Waals surface area contributed by atoms with Crippen LogP contribution in [0.1, 0.15) is 11.9 Å². The minimum atomic E-state index is -0.154. The van der Waals surface area contributed by atoms with E-state index < -0.39 is 0 Å². The van der Waals surface area contributed by atoms with Gasteiger partial charge in [0.25, 0.3) is 5.89 Å². The molecule has 0 amide bonds. The molecule has 84 valence electrons. The highest BCUT2D eigenvalue weighted by Gasteiger charge is 2.22. The first-order valence-corrected chi connectivity index (χ1v) is 4.95. The molecule has 0 radical (unpaired) electrons. The van der Waals surface area contributed by atoms with E-state index in [2.05, 4.69) is 30.9 Å². The Morgan fingerprint density at radius 3 is 3.19 bits per heavy atom. The Morgan fingerprint density at radius 1 is 1.44 bits per heavy atom. The van der Waals surface area contributed by atoms with Crippen molar-refractivity contribution in [1.29, 1.82) is 0 Å². The maximum absolute atomic E-state index is 5.50. The van der Waals surface area contributed by atoms with Crippen molar-refractivity contribution in [2.45, 2.75) is 6.10 Å². The zero-order valence-electron chi connectivity index (χ0n) is 8.38. The van der Waals surface area contributed by atoms with Gasteiger partial charge in [-0.15, -0.1) is 0 Å². The molecular weight excluding hydrogens is 212 g/mol. The van der Waals surface area contributed by atoms with E-state index >= 15 is 0 Å². The lowest BCUT2D eigenvalue weighted by Crippen LogP contribution is -2.33. The minimum Gasteiger partial charge on any atom is -0.367 e. The van der Waals surface area contributed by atoms with Crippen molar-refractivity contribution in [3.8, 4) is 11.6 Å². The molecule has 8 nitrogen and oxygen atoms in total. The number of morpholine rings is 1. The zero-order valence-corrected chi connectivity index (χ0v) is 8.38. The minimum absolute atomic E-state index is 0.154. The number of nitrogens with one attached hydrogen (secondary N) is 2. The number of hydrogen-bond donors (Lipinski definition) is 2. The Labute approximate surface area is 90.4 Å². The van der Waals surface area contributed by atoms with E-state index in [9.17, 15) is 0 Å². The molecule has 1 aliphatic heterocycles. The van der Waals surface area contributed by atoms with Crippen molar-refractivity contribution in [3.05, 3.63) is 12.0 Å². The smallest absolute Gasteiger partial charge is 0.280 e. The molecule has 3 rings (SSSR count). The summed E-state index contributed by atoms with van der Waals surface area (Å²) in [7, 11) is 0. The van der Waals surface area contributed by atoms with Crippen LogP contribution in [-0.2, 0) is 4.74 Å². The second-order valence-electron chi connectivity index (χ2n) is 3.38. The molecule has 1 fully saturated rings. The summed E-state index contributed by atoms with van der Waals surface area (Å²) < 4.78 is 10.6. The van der Waals surface area contributed by atoms with Gasteiger partial charge in [0, 0.05) is 13.1 Å². The average Bonchev–Trinajstić information content (AvgIpc) is 3.01. The normalized spacial score (nSPS) is 21.1. The van der Waals surface area contributed by atoms with Gasteiger partial charge >= 0.3 is 0 Å². The second kappa shape index (κ2) is 3.99. The van der Waals surface area contributed by atoms with Gasteiger partial charge in [-0.05, 0) is 0 Å². The van der Waals surface area contributed by atoms with Crippen molar-refractivity contribution in [2.75, 3.05) is 19.7 Å². The van der Waals surface area contributed by atoms with E-state index in [1.807, 2.05) is 0 Å². The van der Waals surface area contributed by atoms with Crippen LogP contribution in [0.5, 0.6) is 0 Å². The fraction of sp³-hybridized carbons (Fsp3) is 0.500. The molecule has 8 heteroatoms. The Balaban J connectivity index is 1.82. The monoisotopic (exact) mass is 222 g/mol. The zero-order chi connectivity index (χ0) is 10.8. The van der Waals surface area contributed by atoms with Crippen LogP contribution >= 0.6 is 0 Å². The maximum atomic E-state index is 5.50. The van der Waals surface area contributed by atoms with E-state index in [4.69, 9.17) is 9.26 Å². The fourth-order valence-electron chi connectivity index (χ4n) is 1.51. The third-order valence-electron chi connectivity index (χ3n) is 2.29. The average molecular weight is 222 g/mol. The van der Waals surface area contributed by atoms with Crippen molar-refractivity contribution >= 4 is 0 Å². The summed E-state index contributed by atoms with van der Waals surface area (Å²) in [6, 6.07) is 0. The number of H-pyrrole nitrogens is 1. The summed E-state index contributed by atoms with van der Waals surface area (Å²) in [6.45, 7) is 2.20. The number of hydrogen-bond acceptors (Lipinski definition) is 7. The van der Waals surface area contributed by atoms with Crippen LogP contribution in [0.4, 0.5) is 0 Å². The lowest BCUT2D eigenvalue weighted by molar-refractivity contribution is 0.0208. The van der Waals surface area contributed by atoms with E-state index in [1.165, 1.54) is 6.20 Å². The van der Waals surface area contributed by atoms with Crippen molar-refractivity contribution < 1.29 is 9.26 Å². The highest BCUT2D eigenvalue weighted by molar-refractivity contribution is 5.42. The predicted octanol–water partition coefficient (Wildman–Crippen LogP) is -0.484. The molecule has 2 aromatic heterocycles. The molecule has 0 spiro atoms. The van der Waals surface area contributed by atoms with Crippen molar-refractivity contribution in [2.24, 2.45) is 0 Å². The predicted molar refractivity (Wildman–Crippen MR) is 51.2 cm³/mol. The van der Waals surface area contributed by atoms with Crippen LogP contribution in [0.3, 0.4) is 0 Å². The first-order valence-electron chi connectivity index (χ1n) is 4.95. The molecule has 16 heavy (non-hydrogen) atoms. The molecule has 2 N–H and O–H groups in total. The van der Waals surface area contributed by atoms with Crippen molar-refractivity contribution in [3.63, 3.8) is 0 Å². The molecule has 2 aromatic rings. The first kappa shape index (κ1) is 9.43. The summed E-state index contributed by atoms with van der Waals surface area (Å²) in [4.78, 5) is 4.21. The molecule has 1 unspecified atom stereocenters. The van der Waals surface area contributed by atoms with Crippen molar-refractivity contribution in [1.82, 2.24) is 30.9 Å². The van der Waals surface area contributed by atoms with Gasteiger partial charge in [-0.1, -0.05) is 5.16 Å². The maximum Gasteiger partial charge on any atom is 0.280 e. The van der Waals surface area contributed by atoms with Crippen LogP contribution in [0.2, 0.25) is 0 Å². The highest BCUT2D eigenvalue weighted by atomic mass is 16.5. The van der Waals surface area contributed by atoms with Gasteiger partial charge in [-0.2, -0.15) is 20.4 Å².